The van der Waals surface area contributed by atoms with Crippen LogP contribution >= 0.6 is 0 Å². The number of nitrogens with one attached hydrogen (secondary N) is 1. The zero-order chi connectivity index (χ0) is 17.2. The first-order valence-electron chi connectivity index (χ1n) is 8.33. The number of allylic oxidation sites excluding steroid dienone is 1. The summed E-state index contributed by atoms with van der Waals surface area (Å²) >= 11 is 0. The molecule has 0 atom stereocenters. The molecule has 25 heavy (non-hydrogen) atoms. The number of piperazine rings is 1. The molecule has 6 nitrogen and oxygen atoms in total. The summed E-state index contributed by atoms with van der Waals surface area (Å²) in [5, 5.41) is 9.51. The minimum atomic E-state index is 0.454. The Morgan fingerprint density at radius 1 is 1.20 bits per heavy atom. The number of imidazole rings is 1. The Morgan fingerprint density at radius 2 is 2.00 bits per heavy atom. The number of likely N-dealkylation sites (N-methyl/N-ethyl adjacent to an activating group) is 1. The number of rotatable bonds is 3. The summed E-state index contributed by atoms with van der Waals surface area (Å²) in [5.74, 6) is 2.06. The quantitative estimate of drug-likeness (QED) is 0.746. The molecule has 0 saturated carbocycles. The van der Waals surface area contributed by atoms with Crippen molar-refractivity contribution in [3.8, 4) is 6.07 Å². The van der Waals surface area contributed by atoms with Crippen LogP contribution in [0, 0.1) is 11.3 Å². The van der Waals surface area contributed by atoms with Crippen molar-refractivity contribution in [3.05, 3.63) is 48.0 Å². The topological polar surface area (TPSA) is 72.1 Å². The lowest BCUT2D eigenvalue weighted by Crippen LogP contribution is -2.44. The van der Waals surface area contributed by atoms with Gasteiger partial charge >= 0.3 is 0 Å². The van der Waals surface area contributed by atoms with Crippen LogP contribution in [0.15, 0.2) is 40.8 Å². The summed E-state index contributed by atoms with van der Waals surface area (Å²) in [5.41, 5.74) is 2.21. The zero-order valence-electron chi connectivity index (χ0n) is 14.1. The van der Waals surface area contributed by atoms with Gasteiger partial charge in [0.15, 0.2) is 5.88 Å². The highest BCUT2D eigenvalue weighted by Gasteiger charge is 2.17. The van der Waals surface area contributed by atoms with Crippen molar-refractivity contribution in [1.29, 1.82) is 5.26 Å². The molecule has 1 saturated heterocycles. The molecule has 0 radical (unpaired) electrons. The summed E-state index contributed by atoms with van der Waals surface area (Å²) in [6.45, 7) is 3.94. The minimum absolute atomic E-state index is 0.454. The maximum absolute atomic E-state index is 9.51. The molecule has 2 aromatic heterocycles. The number of H-pyrrole nitrogens is 1. The fourth-order valence-corrected chi connectivity index (χ4v) is 2.99. The molecular weight excluding hydrogens is 314 g/mol. The molecule has 0 spiro atoms. The highest BCUT2D eigenvalue weighted by molar-refractivity contribution is 5.89. The molecule has 0 unspecified atom stereocenters. The van der Waals surface area contributed by atoms with E-state index in [1.165, 1.54) is 0 Å². The van der Waals surface area contributed by atoms with Crippen LogP contribution in [0.25, 0.3) is 22.7 Å². The van der Waals surface area contributed by atoms with E-state index in [4.69, 9.17) is 4.42 Å². The molecule has 1 aromatic carbocycles. The number of para-hydroxylation sites is 2. The molecule has 1 aliphatic rings. The van der Waals surface area contributed by atoms with Gasteiger partial charge in [-0.3, -0.25) is 0 Å². The van der Waals surface area contributed by atoms with Crippen LogP contribution in [0.4, 0.5) is 5.88 Å². The van der Waals surface area contributed by atoms with Gasteiger partial charge in [0.1, 0.15) is 17.7 Å². The maximum Gasteiger partial charge on any atom is 0.196 e. The van der Waals surface area contributed by atoms with E-state index >= 15 is 0 Å². The standard InChI is InChI=1S/C19H19N5O/c1-23-8-10-24(11-9-23)18-7-6-15(25-18)12-14(13-20)19-21-16-4-2-3-5-17(16)22-19/h2-7,12H,8-11H2,1H3,(H,21,22)/b14-12-. The second-order valence-corrected chi connectivity index (χ2v) is 6.24. The van der Waals surface area contributed by atoms with Gasteiger partial charge in [-0.1, -0.05) is 12.1 Å². The van der Waals surface area contributed by atoms with E-state index in [0.29, 0.717) is 17.2 Å². The molecule has 0 aliphatic carbocycles. The molecule has 3 heterocycles. The molecule has 126 valence electrons. The lowest BCUT2D eigenvalue weighted by Gasteiger charge is -2.32. The van der Waals surface area contributed by atoms with E-state index in [2.05, 4.69) is 32.9 Å². The number of nitrogens with zero attached hydrogens (tertiary/aromatic N) is 4. The fourth-order valence-electron chi connectivity index (χ4n) is 2.99. The van der Waals surface area contributed by atoms with Crippen LogP contribution in [0.2, 0.25) is 0 Å². The Kier molecular flexibility index (Phi) is 4.00. The summed E-state index contributed by atoms with van der Waals surface area (Å²) in [7, 11) is 2.13. The second kappa shape index (κ2) is 6.46. The smallest absolute Gasteiger partial charge is 0.196 e. The first kappa shape index (κ1) is 15.5. The number of furan rings is 1. The van der Waals surface area contributed by atoms with Crippen LogP contribution in [0.3, 0.4) is 0 Å². The summed E-state index contributed by atoms with van der Waals surface area (Å²) < 4.78 is 5.92. The zero-order valence-corrected chi connectivity index (χ0v) is 14.1. The number of hydrogen-bond donors (Lipinski definition) is 1. The largest absolute Gasteiger partial charge is 0.441 e. The van der Waals surface area contributed by atoms with Crippen LogP contribution in [0.5, 0.6) is 0 Å². The summed E-state index contributed by atoms with van der Waals surface area (Å²) in [6, 6.07) is 13.8. The fraction of sp³-hybridized carbons (Fsp3) is 0.263. The normalized spacial score (nSPS) is 16.3. The lowest BCUT2D eigenvalue weighted by molar-refractivity contribution is 0.306. The van der Waals surface area contributed by atoms with Gasteiger partial charge in [-0.2, -0.15) is 5.26 Å². The van der Waals surface area contributed by atoms with Gasteiger partial charge in [-0.05, 0) is 25.2 Å². The third kappa shape index (κ3) is 3.14. The Hall–Kier alpha value is -3.04. The number of aromatic amines is 1. The van der Waals surface area contributed by atoms with Crippen molar-refractivity contribution in [1.82, 2.24) is 14.9 Å². The van der Waals surface area contributed by atoms with Gasteiger partial charge in [0.2, 0.25) is 0 Å². The van der Waals surface area contributed by atoms with Crippen LogP contribution in [0.1, 0.15) is 11.6 Å². The van der Waals surface area contributed by atoms with Crippen molar-refractivity contribution in [2.45, 2.75) is 0 Å². The molecular formula is C19H19N5O. The van der Waals surface area contributed by atoms with Crippen LogP contribution in [-0.4, -0.2) is 48.1 Å². The summed E-state index contributed by atoms with van der Waals surface area (Å²) in [6.07, 6.45) is 1.73. The molecule has 0 bridgehead atoms. The van der Waals surface area contributed by atoms with Crippen molar-refractivity contribution in [3.63, 3.8) is 0 Å². The number of aromatic nitrogens is 2. The van der Waals surface area contributed by atoms with Gasteiger partial charge in [0, 0.05) is 38.3 Å². The van der Waals surface area contributed by atoms with Gasteiger partial charge in [-0.15, -0.1) is 0 Å². The first-order valence-corrected chi connectivity index (χ1v) is 8.33. The monoisotopic (exact) mass is 333 g/mol. The van der Waals surface area contributed by atoms with E-state index in [0.717, 1.165) is 43.1 Å². The number of hydrogen-bond acceptors (Lipinski definition) is 5. The Bertz CT molecular complexity index is 921. The molecule has 1 N–H and O–H groups in total. The van der Waals surface area contributed by atoms with Gasteiger partial charge in [0.05, 0.1) is 16.6 Å². The van der Waals surface area contributed by atoms with E-state index in [1.54, 1.807) is 6.08 Å². The van der Waals surface area contributed by atoms with Gasteiger partial charge in [-0.25, -0.2) is 4.98 Å². The van der Waals surface area contributed by atoms with Crippen LogP contribution < -0.4 is 4.90 Å². The number of nitriles is 1. The Balaban J connectivity index is 1.59. The molecule has 3 aromatic rings. The average molecular weight is 333 g/mol. The third-order valence-corrected chi connectivity index (χ3v) is 4.48. The molecule has 4 rings (SSSR count). The van der Waals surface area contributed by atoms with Crippen molar-refractivity contribution < 1.29 is 4.42 Å². The molecule has 1 aliphatic heterocycles. The number of benzene rings is 1. The SMILES string of the molecule is CN1CCN(c2ccc(/C=C(/C#N)c3nc4ccccc4[nH]3)o2)CC1. The van der Waals surface area contributed by atoms with E-state index < -0.39 is 0 Å². The minimum Gasteiger partial charge on any atom is -0.441 e. The molecule has 1 fully saturated rings. The van der Waals surface area contributed by atoms with Crippen LogP contribution in [-0.2, 0) is 0 Å². The molecule has 6 heteroatoms. The number of fused-ring (bicyclic) bond motifs is 1. The Morgan fingerprint density at radius 3 is 2.76 bits per heavy atom. The predicted molar refractivity (Wildman–Crippen MR) is 98.0 cm³/mol. The van der Waals surface area contributed by atoms with Crippen molar-refractivity contribution in [2.24, 2.45) is 0 Å². The van der Waals surface area contributed by atoms with E-state index in [1.807, 2.05) is 36.4 Å². The second-order valence-electron chi connectivity index (χ2n) is 6.24. The lowest BCUT2D eigenvalue weighted by atomic mass is 10.2. The Labute approximate surface area is 146 Å². The van der Waals surface area contributed by atoms with Crippen molar-refractivity contribution >= 4 is 28.6 Å². The van der Waals surface area contributed by atoms with Crippen molar-refractivity contribution in [2.75, 3.05) is 38.1 Å². The summed E-state index contributed by atoms with van der Waals surface area (Å²) in [4.78, 5) is 12.2. The predicted octanol–water partition coefficient (Wildman–Crippen LogP) is 2.97. The molecule has 0 amide bonds. The van der Waals surface area contributed by atoms with Gasteiger partial charge in [0.25, 0.3) is 0 Å². The van der Waals surface area contributed by atoms with E-state index in [9.17, 15) is 5.26 Å². The first-order chi connectivity index (χ1) is 12.2. The highest BCUT2D eigenvalue weighted by atomic mass is 16.4. The maximum atomic E-state index is 9.51. The highest BCUT2D eigenvalue weighted by Crippen LogP contribution is 2.24. The average Bonchev–Trinajstić information content (AvgIpc) is 3.27. The third-order valence-electron chi connectivity index (χ3n) is 4.48. The number of anilines is 1. The van der Waals surface area contributed by atoms with Gasteiger partial charge < -0.3 is 19.2 Å². The van der Waals surface area contributed by atoms with E-state index in [-0.39, 0.29) is 0 Å².